The van der Waals surface area contributed by atoms with Crippen LogP contribution in [0.5, 0.6) is 0 Å². The molecule has 1 aromatic heterocycles. The maximum absolute atomic E-state index is 12.7. The van der Waals surface area contributed by atoms with Crippen LogP contribution < -0.4 is 5.32 Å². The number of thioether (sulfide) groups is 1. The summed E-state index contributed by atoms with van der Waals surface area (Å²) in [6.07, 6.45) is 0.0853. The Balaban J connectivity index is 1.42. The molecule has 1 aromatic carbocycles. The molecule has 0 unspecified atom stereocenters. The van der Waals surface area contributed by atoms with Crippen molar-refractivity contribution in [1.82, 2.24) is 15.2 Å². The number of nitrogens with one attached hydrogen (secondary N) is 1. The van der Waals surface area contributed by atoms with E-state index in [-0.39, 0.29) is 40.7 Å². The van der Waals surface area contributed by atoms with Crippen LogP contribution in [0.4, 0.5) is 0 Å². The fraction of sp³-hybridized carbons (Fsp3) is 0.217. The number of benzene rings is 1. The first-order chi connectivity index (χ1) is 16.8. The summed E-state index contributed by atoms with van der Waals surface area (Å²) in [5.41, 5.74) is 0.0946. The number of amides is 2. The van der Waals surface area contributed by atoms with E-state index < -0.39 is 41.8 Å². The molecule has 3 N–H and O–H groups in total. The van der Waals surface area contributed by atoms with Gasteiger partial charge in [-0.3, -0.25) is 14.5 Å². The van der Waals surface area contributed by atoms with E-state index in [1.807, 2.05) is 6.07 Å². The molecular formula is C23H19N3O8S. The van der Waals surface area contributed by atoms with Gasteiger partial charge in [-0.05, 0) is 17.7 Å². The molecule has 2 aromatic rings. The van der Waals surface area contributed by atoms with Gasteiger partial charge < -0.3 is 20.3 Å². The summed E-state index contributed by atoms with van der Waals surface area (Å²) in [6, 6.07) is 12.0. The molecule has 2 amide bonds. The van der Waals surface area contributed by atoms with Gasteiger partial charge in [0.1, 0.15) is 35.1 Å². The van der Waals surface area contributed by atoms with E-state index in [4.69, 9.17) is 9.84 Å². The van der Waals surface area contributed by atoms with Crippen LogP contribution in [0.3, 0.4) is 0 Å². The van der Waals surface area contributed by atoms with Gasteiger partial charge in [0.25, 0.3) is 5.91 Å². The average Bonchev–Trinajstić information content (AvgIpc) is 2.85. The second-order valence-corrected chi connectivity index (χ2v) is 8.77. The largest absolute Gasteiger partial charge is 0.477 e. The van der Waals surface area contributed by atoms with E-state index in [9.17, 15) is 29.1 Å². The van der Waals surface area contributed by atoms with Crippen LogP contribution in [0.2, 0.25) is 0 Å². The van der Waals surface area contributed by atoms with Crippen molar-refractivity contribution in [2.24, 2.45) is 0 Å². The molecule has 35 heavy (non-hydrogen) atoms. The average molecular weight is 497 g/mol. The Morgan fingerprint density at radius 2 is 1.74 bits per heavy atom. The van der Waals surface area contributed by atoms with Crippen molar-refractivity contribution >= 4 is 41.5 Å². The minimum absolute atomic E-state index is 0.0853. The number of nitrogens with zero attached hydrogens (tertiary/aromatic N) is 2. The van der Waals surface area contributed by atoms with Crippen LogP contribution >= 0.6 is 11.8 Å². The van der Waals surface area contributed by atoms with Crippen molar-refractivity contribution in [1.29, 1.82) is 0 Å². The summed E-state index contributed by atoms with van der Waals surface area (Å²) in [4.78, 5) is 65.2. The van der Waals surface area contributed by atoms with Crippen molar-refractivity contribution in [2.45, 2.75) is 17.8 Å². The number of carboxylic acid groups (broad SMARTS) is 2. The molecule has 11 nitrogen and oxygen atoms in total. The fourth-order valence-electron chi connectivity index (χ4n) is 3.69. The van der Waals surface area contributed by atoms with E-state index in [1.165, 1.54) is 30.0 Å². The number of esters is 1. The van der Waals surface area contributed by atoms with Gasteiger partial charge in [-0.25, -0.2) is 19.4 Å². The predicted molar refractivity (Wildman–Crippen MR) is 121 cm³/mol. The van der Waals surface area contributed by atoms with E-state index in [1.54, 1.807) is 24.3 Å². The Morgan fingerprint density at radius 3 is 2.43 bits per heavy atom. The number of aliphatic carboxylic acids is 1. The Bertz CT molecular complexity index is 1250. The second-order valence-electron chi connectivity index (χ2n) is 7.66. The van der Waals surface area contributed by atoms with Gasteiger partial charge in [0.15, 0.2) is 0 Å². The molecule has 180 valence electrons. The van der Waals surface area contributed by atoms with Gasteiger partial charge in [-0.1, -0.05) is 36.4 Å². The normalized spacial score (nSPS) is 18.9. The molecular weight excluding hydrogens is 478 g/mol. The van der Waals surface area contributed by atoms with Gasteiger partial charge in [-0.15, -0.1) is 11.8 Å². The van der Waals surface area contributed by atoms with Crippen LogP contribution in [-0.4, -0.2) is 73.6 Å². The summed E-state index contributed by atoms with van der Waals surface area (Å²) in [7, 11) is 0. The number of carboxylic acids is 2. The number of aromatic carboxylic acids is 1. The SMILES string of the molecule is O=C(Cc1ccccc1)N[C@@H]1C(=O)N2C(C(=O)O)=C(COC(=O)c3cccc(C(=O)O)n3)CS[C@H]12. The van der Waals surface area contributed by atoms with E-state index >= 15 is 0 Å². The number of carbonyl (C=O) groups excluding carboxylic acids is 3. The van der Waals surface area contributed by atoms with E-state index in [2.05, 4.69) is 10.3 Å². The maximum atomic E-state index is 12.7. The Labute approximate surface area is 202 Å². The first-order valence-electron chi connectivity index (χ1n) is 10.4. The lowest BCUT2D eigenvalue weighted by molar-refractivity contribution is -0.150. The fourth-order valence-corrected chi connectivity index (χ4v) is 5.02. The number of hydrogen-bond donors (Lipinski definition) is 3. The molecule has 0 radical (unpaired) electrons. The first-order valence-corrected chi connectivity index (χ1v) is 11.4. The zero-order valence-electron chi connectivity index (χ0n) is 18.0. The minimum Gasteiger partial charge on any atom is -0.477 e. The zero-order chi connectivity index (χ0) is 25.1. The summed E-state index contributed by atoms with van der Waals surface area (Å²) in [6.45, 7) is -0.423. The van der Waals surface area contributed by atoms with Crippen LogP contribution in [-0.2, 0) is 25.5 Å². The molecule has 0 saturated carbocycles. The zero-order valence-corrected chi connectivity index (χ0v) is 18.9. The highest BCUT2D eigenvalue weighted by Crippen LogP contribution is 2.40. The van der Waals surface area contributed by atoms with E-state index in [0.29, 0.717) is 0 Å². The second kappa shape index (κ2) is 9.97. The first kappa shape index (κ1) is 24.0. The lowest BCUT2D eigenvalue weighted by Gasteiger charge is -2.49. The highest BCUT2D eigenvalue weighted by atomic mass is 32.2. The third kappa shape index (κ3) is 5.01. The van der Waals surface area contributed by atoms with Gasteiger partial charge in [0, 0.05) is 11.3 Å². The van der Waals surface area contributed by atoms with Crippen LogP contribution in [0.1, 0.15) is 26.5 Å². The van der Waals surface area contributed by atoms with Gasteiger partial charge in [-0.2, -0.15) is 0 Å². The summed E-state index contributed by atoms with van der Waals surface area (Å²) >= 11 is 1.24. The van der Waals surface area contributed by atoms with E-state index in [0.717, 1.165) is 10.5 Å². The smallest absolute Gasteiger partial charge is 0.357 e. The number of hydrogen-bond acceptors (Lipinski definition) is 8. The third-order valence-electron chi connectivity index (χ3n) is 5.33. The Morgan fingerprint density at radius 1 is 1.03 bits per heavy atom. The van der Waals surface area contributed by atoms with Gasteiger partial charge in [0.2, 0.25) is 5.91 Å². The molecule has 12 heteroatoms. The summed E-state index contributed by atoms with van der Waals surface area (Å²) < 4.78 is 5.15. The predicted octanol–water partition coefficient (Wildman–Crippen LogP) is 0.918. The monoisotopic (exact) mass is 497 g/mol. The number of aromatic nitrogens is 1. The quantitative estimate of drug-likeness (QED) is 0.353. The molecule has 1 fully saturated rings. The molecule has 3 heterocycles. The molecule has 2 atom stereocenters. The van der Waals surface area contributed by atoms with Gasteiger partial charge >= 0.3 is 17.9 Å². The lowest BCUT2D eigenvalue weighted by atomic mass is 10.0. The van der Waals surface area contributed by atoms with Crippen molar-refractivity contribution in [3.8, 4) is 0 Å². The Hall–Kier alpha value is -4.19. The molecule has 0 spiro atoms. The summed E-state index contributed by atoms with van der Waals surface area (Å²) in [5.74, 6) is -4.39. The number of ether oxygens (including phenoxy) is 1. The molecule has 1 saturated heterocycles. The van der Waals surface area contributed by atoms with Crippen molar-refractivity contribution in [2.75, 3.05) is 12.4 Å². The van der Waals surface area contributed by atoms with Gasteiger partial charge in [0.05, 0.1) is 6.42 Å². The van der Waals surface area contributed by atoms with Crippen LogP contribution in [0.15, 0.2) is 59.8 Å². The van der Waals surface area contributed by atoms with Crippen molar-refractivity contribution in [3.05, 3.63) is 76.8 Å². The number of carbonyl (C=O) groups is 5. The highest BCUT2D eigenvalue weighted by Gasteiger charge is 2.54. The summed E-state index contributed by atoms with van der Waals surface area (Å²) in [5, 5.41) is 20.8. The molecule has 2 aliphatic heterocycles. The number of β-lactam (4-membered cyclic amide) rings is 1. The lowest BCUT2D eigenvalue weighted by Crippen LogP contribution is -2.70. The maximum Gasteiger partial charge on any atom is 0.357 e. The van der Waals surface area contributed by atoms with Crippen molar-refractivity contribution < 1.29 is 38.9 Å². The standard InChI is InChI=1S/C23H19N3O8S/c27-16(9-12-5-2-1-3-6-12)25-17-19(28)26-18(22(31)32)13(11-35-20(17)26)10-34-23(33)15-8-4-7-14(24-15)21(29)30/h1-8,17,20H,9-11H2,(H,25,27)(H,29,30)(H,31,32)/t17-,20-/m1/s1. The molecule has 0 bridgehead atoms. The Kier molecular flexibility index (Phi) is 6.82. The minimum atomic E-state index is -1.37. The highest BCUT2D eigenvalue weighted by molar-refractivity contribution is 8.00. The van der Waals surface area contributed by atoms with Crippen molar-refractivity contribution in [3.63, 3.8) is 0 Å². The molecule has 4 rings (SSSR count). The number of fused-ring (bicyclic) bond motifs is 1. The van der Waals surface area contributed by atoms with Crippen LogP contribution in [0.25, 0.3) is 0 Å². The number of rotatable bonds is 8. The topological polar surface area (TPSA) is 163 Å². The molecule has 0 aliphatic carbocycles. The third-order valence-corrected chi connectivity index (χ3v) is 6.67. The molecule has 2 aliphatic rings. The number of pyridine rings is 1. The van der Waals surface area contributed by atoms with Crippen LogP contribution in [0, 0.1) is 0 Å².